The molecule has 1 aliphatic rings. The van der Waals surface area contributed by atoms with Crippen molar-refractivity contribution in [3.05, 3.63) is 86.8 Å². The van der Waals surface area contributed by atoms with Gasteiger partial charge in [0.2, 0.25) is 5.91 Å². The molecular weight excluding hydrogens is 414 g/mol. The number of rotatable bonds is 5. The van der Waals surface area contributed by atoms with Crippen LogP contribution in [-0.2, 0) is 30.6 Å². The number of benzene rings is 2. The Kier molecular flexibility index (Phi) is 5.21. The Bertz CT molecular complexity index is 1490. The van der Waals surface area contributed by atoms with Crippen LogP contribution in [0.2, 0.25) is 0 Å². The maximum Gasteiger partial charge on any atom is 0.256 e. The average molecular weight is 440 g/mol. The van der Waals surface area contributed by atoms with E-state index in [1.807, 2.05) is 6.92 Å². The Balaban J connectivity index is 1.38. The van der Waals surface area contributed by atoms with Gasteiger partial charge in [0.1, 0.15) is 11.4 Å². The molecule has 6 nitrogen and oxygen atoms in total. The first kappa shape index (κ1) is 20.9. The number of aryl methyl sites for hydroxylation is 2. The van der Waals surface area contributed by atoms with Crippen molar-refractivity contribution in [3.8, 4) is 5.75 Å². The van der Waals surface area contributed by atoms with E-state index in [9.17, 15) is 14.7 Å². The van der Waals surface area contributed by atoms with E-state index >= 15 is 0 Å². The Hall–Kier alpha value is -3.93. The molecule has 4 aromatic rings. The number of aromatic hydroxyl groups is 1. The van der Waals surface area contributed by atoms with Crippen molar-refractivity contribution in [1.82, 2.24) is 14.9 Å². The molecule has 2 heterocycles. The van der Waals surface area contributed by atoms with E-state index in [2.05, 4.69) is 40.3 Å². The summed E-state index contributed by atoms with van der Waals surface area (Å²) in [7, 11) is 1.79. The molecule has 166 valence electrons. The zero-order valence-electron chi connectivity index (χ0n) is 18.7. The number of nitrogens with zero attached hydrogens (tertiary/aromatic N) is 2. The first-order valence-corrected chi connectivity index (χ1v) is 11.2. The minimum atomic E-state index is -0.335. The van der Waals surface area contributed by atoms with Crippen LogP contribution in [0.1, 0.15) is 34.7 Å². The van der Waals surface area contributed by atoms with Gasteiger partial charge in [-0.05, 0) is 64.4 Å². The maximum atomic E-state index is 12.8. The average Bonchev–Trinajstić information content (AvgIpc) is 3.24. The summed E-state index contributed by atoms with van der Waals surface area (Å²) in [6.45, 7) is 2.32. The Morgan fingerprint density at radius 2 is 1.97 bits per heavy atom. The lowest BCUT2D eigenvalue weighted by Crippen LogP contribution is -2.24. The van der Waals surface area contributed by atoms with Gasteiger partial charge in [-0.3, -0.25) is 9.59 Å². The van der Waals surface area contributed by atoms with E-state index in [4.69, 9.17) is 0 Å². The summed E-state index contributed by atoms with van der Waals surface area (Å²) in [5.41, 5.74) is 4.89. The summed E-state index contributed by atoms with van der Waals surface area (Å²) in [5.74, 6) is -0.187. The fourth-order valence-corrected chi connectivity index (χ4v) is 4.71. The van der Waals surface area contributed by atoms with Gasteiger partial charge in [-0.1, -0.05) is 37.3 Å². The Morgan fingerprint density at radius 3 is 2.76 bits per heavy atom. The van der Waals surface area contributed by atoms with Crippen LogP contribution in [0, 0.1) is 0 Å². The quantitative estimate of drug-likeness (QED) is 0.458. The molecule has 0 spiro atoms. The molecule has 0 aliphatic heterocycles. The van der Waals surface area contributed by atoms with E-state index in [-0.39, 0.29) is 17.2 Å². The second-order valence-electron chi connectivity index (χ2n) is 8.55. The third-order valence-corrected chi connectivity index (χ3v) is 6.48. The fourth-order valence-electron chi connectivity index (χ4n) is 4.71. The van der Waals surface area contributed by atoms with Gasteiger partial charge in [0.05, 0.1) is 10.9 Å². The van der Waals surface area contributed by atoms with Crippen molar-refractivity contribution < 1.29 is 9.90 Å². The molecule has 1 amide bonds. The van der Waals surface area contributed by atoms with E-state index < -0.39 is 0 Å². The van der Waals surface area contributed by atoms with Crippen LogP contribution in [0.25, 0.3) is 27.9 Å². The number of hydrogen-bond acceptors (Lipinski definition) is 4. The van der Waals surface area contributed by atoms with Crippen LogP contribution in [0.4, 0.5) is 0 Å². The number of aromatic amines is 1. The van der Waals surface area contributed by atoms with Crippen LogP contribution < -0.4 is 5.56 Å². The summed E-state index contributed by atoms with van der Waals surface area (Å²) >= 11 is 0. The highest BCUT2D eigenvalue weighted by atomic mass is 16.3. The van der Waals surface area contributed by atoms with Crippen molar-refractivity contribution in [3.63, 3.8) is 0 Å². The predicted molar refractivity (Wildman–Crippen MR) is 130 cm³/mol. The molecule has 0 saturated heterocycles. The van der Waals surface area contributed by atoms with Crippen LogP contribution in [0.5, 0.6) is 5.75 Å². The number of nitrogens with one attached hydrogen (secondary N) is 1. The topological polar surface area (TPSA) is 86.3 Å². The molecular formula is C27H25N3O3. The van der Waals surface area contributed by atoms with Crippen LogP contribution >= 0.6 is 0 Å². The summed E-state index contributed by atoms with van der Waals surface area (Å²) in [6.07, 6.45) is 7.32. The number of fused-ring (bicyclic) bond motifs is 1. The molecule has 1 aliphatic carbocycles. The zero-order chi connectivity index (χ0) is 23.1. The molecule has 0 bridgehead atoms. The third kappa shape index (κ3) is 3.67. The van der Waals surface area contributed by atoms with Gasteiger partial charge >= 0.3 is 0 Å². The number of carbonyl (C=O) groups excluding carboxylic acids is 1. The fraction of sp³-hybridized carbons (Fsp3) is 0.222. The lowest BCUT2D eigenvalue weighted by atomic mass is 9.99. The van der Waals surface area contributed by atoms with Crippen LogP contribution in [0.3, 0.4) is 0 Å². The van der Waals surface area contributed by atoms with Crippen LogP contribution in [0.15, 0.2) is 53.5 Å². The molecule has 0 radical (unpaired) electrons. The minimum absolute atomic E-state index is 0.0607. The van der Waals surface area contributed by atoms with Gasteiger partial charge in [0.15, 0.2) is 0 Å². The summed E-state index contributed by atoms with van der Waals surface area (Å²) in [5, 5.41) is 13.5. The Morgan fingerprint density at radius 1 is 1.18 bits per heavy atom. The number of hydrogen-bond donors (Lipinski definition) is 2. The van der Waals surface area contributed by atoms with Gasteiger partial charge in [0.25, 0.3) is 5.56 Å². The van der Waals surface area contributed by atoms with Crippen molar-refractivity contribution in [2.24, 2.45) is 0 Å². The molecule has 33 heavy (non-hydrogen) atoms. The second kappa shape index (κ2) is 8.20. The Labute approximate surface area is 191 Å². The maximum absolute atomic E-state index is 12.8. The third-order valence-electron chi connectivity index (χ3n) is 6.48. The number of pyridine rings is 2. The van der Waals surface area contributed by atoms with E-state index in [1.165, 1.54) is 28.0 Å². The van der Waals surface area contributed by atoms with Gasteiger partial charge in [-0.15, -0.1) is 0 Å². The lowest BCUT2D eigenvalue weighted by molar-refractivity contribution is -0.125. The molecule has 0 saturated carbocycles. The summed E-state index contributed by atoms with van der Waals surface area (Å²) in [6, 6.07) is 12.5. The standard InChI is InChI=1S/C27H25N3O3/c1-3-20-25(32)22-13-16(14-28-26(22)29-27(20)33)7-12-23(31)30(2)15-19-11-10-18-9-8-17-5-4-6-21(19)24(17)18/h4-7,10-14H,3,8-9,15H2,1-2H3,(H2,28,29,32,33). The predicted octanol–water partition coefficient (Wildman–Crippen LogP) is 4.11. The molecule has 2 N–H and O–H groups in total. The van der Waals surface area contributed by atoms with Crippen molar-refractivity contribution in [2.75, 3.05) is 7.05 Å². The molecule has 2 aromatic carbocycles. The van der Waals surface area contributed by atoms with E-state index in [0.717, 1.165) is 18.4 Å². The smallest absolute Gasteiger partial charge is 0.256 e. The van der Waals surface area contributed by atoms with E-state index in [1.54, 1.807) is 30.3 Å². The van der Waals surface area contributed by atoms with Gasteiger partial charge in [-0.2, -0.15) is 0 Å². The number of likely N-dealkylation sites (N-methyl/N-ethyl adjacent to an activating group) is 1. The first-order chi connectivity index (χ1) is 16.0. The second-order valence-corrected chi connectivity index (χ2v) is 8.55. The van der Waals surface area contributed by atoms with Gasteiger partial charge < -0.3 is 15.0 Å². The first-order valence-electron chi connectivity index (χ1n) is 11.2. The molecule has 6 heteroatoms. The number of carbonyl (C=O) groups is 1. The number of aromatic nitrogens is 2. The van der Waals surface area contributed by atoms with Crippen molar-refractivity contribution in [1.29, 1.82) is 0 Å². The van der Waals surface area contributed by atoms with Crippen LogP contribution in [-0.4, -0.2) is 32.9 Å². The molecule has 2 aromatic heterocycles. The van der Waals surface area contributed by atoms with E-state index in [0.29, 0.717) is 35.1 Å². The highest BCUT2D eigenvalue weighted by Gasteiger charge is 2.17. The SMILES string of the molecule is CCc1c(O)c2cc(C=CC(=O)N(C)Cc3ccc4c5c(cccc35)CC4)cnc2[nH]c1=O. The highest BCUT2D eigenvalue weighted by Crippen LogP contribution is 2.33. The molecule has 0 atom stereocenters. The molecule has 5 rings (SSSR count). The lowest BCUT2D eigenvalue weighted by Gasteiger charge is -2.17. The molecule has 0 fully saturated rings. The minimum Gasteiger partial charge on any atom is -0.507 e. The highest BCUT2D eigenvalue weighted by molar-refractivity contribution is 5.95. The van der Waals surface area contributed by atoms with Gasteiger partial charge in [-0.25, -0.2) is 4.98 Å². The molecule has 0 unspecified atom stereocenters. The van der Waals surface area contributed by atoms with Gasteiger partial charge in [0, 0.05) is 25.9 Å². The normalized spacial score (nSPS) is 12.8. The largest absolute Gasteiger partial charge is 0.507 e. The number of H-pyrrole nitrogens is 1. The number of amides is 1. The summed E-state index contributed by atoms with van der Waals surface area (Å²) < 4.78 is 0. The monoisotopic (exact) mass is 439 g/mol. The van der Waals surface area contributed by atoms with Crippen molar-refractivity contribution in [2.45, 2.75) is 32.7 Å². The van der Waals surface area contributed by atoms with Crippen molar-refractivity contribution >= 4 is 33.8 Å². The summed E-state index contributed by atoms with van der Waals surface area (Å²) in [4.78, 5) is 33.4. The zero-order valence-corrected chi connectivity index (χ0v) is 18.7.